The zero-order chi connectivity index (χ0) is 22.1. The van der Waals surface area contributed by atoms with Crippen LogP contribution >= 0.6 is 11.3 Å². The minimum absolute atomic E-state index is 0.0323. The van der Waals surface area contributed by atoms with Gasteiger partial charge in [-0.25, -0.2) is 14.6 Å². The summed E-state index contributed by atoms with van der Waals surface area (Å²) in [4.78, 5) is 32.0. The molecule has 0 unspecified atom stereocenters. The molecule has 0 saturated carbocycles. The van der Waals surface area contributed by atoms with Crippen LogP contribution in [0.25, 0.3) is 17.1 Å². The van der Waals surface area contributed by atoms with E-state index in [0.29, 0.717) is 33.3 Å². The minimum Gasteiger partial charge on any atom is -0.298 e. The second kappa shape index (κ2) is 8.07. The van der Waals surface area contributed by atoms with E-state index in [-0.39, 0.29) is 11.6 Å². The standard InChI is InChI=1S/C21H18N6O3S/c1-12-4-5-15(9-18(12)27(29)30)17-11-31-21(23-17)24-20(28)16-6-7-19(22-10-16)26-14(3)8-13(2)25-26/h4-11H,1-3H3,(H,23,24,28). The van der Waals surface area contributed by atoms with E-state index >= 15 is 0 Å². The Morgan fingerprint density at radius 2 is 1.97 bits per heavy atom. The Morgan fingerprint density at radius 3 is 2.61 bits per heavy atom. The van der Waals surface area contributed by atoms with Gasteiger partial charge in [-0.1, -0.05) is 12.1 Å². The smallest absolute Gasteiger partial charge is 0.272 e. The van der Waals surface area contributed by atoms with Crippen molar-refractivity contribution in [3.8, 4) is 17.1 Å². The van der Waals surface area contributed by atoms with Gasteiger partial charge in [0.2, 0.25) is 0 Å². The van der Waals surface area contributed by atoms with Crippen molar-refractivity contribution >= 4 is 28.1 Å². The van der Waals surface area contributed by atoms with Crippen molar-refractivity contribution in [2.24, 2.45) is 0 Å². The van der Waals surface area contributed by atoms with E-state index in [9.17, 15) is 14.9 Å². The molecule has 1 N–H and O–H groups in total. The van der Waals surface area contributed by atoms with E-state index in [0.717, 1.165) is 11.4 Å². The zero-order valence-electron chi connectivity index (χ0n) is 17.0. The number of carbonyl (C=O) groups excluding carboxylic acids is 1. The molecule has 0 radical (unpaired) electrons. The lowest BCUT2D eigenvalue weighted by atomic mass is 10.1. The largest absolute Gasteiger partial charge is 0.298 e. The molecular weight excluding hydrogens is 416 g/mol. The summed E-state index contributed by atoms with van der Waals surface area (Å²) in [6.45, 7) is 5.52. The summed E-state index contributed by atoms with van der Waals surface area (Å²) in [6, 6.07) is 10.3. The SMILES string of the molecule is Cc1cc(C)n(-c2ccc(C(=O)Nc3nc(-c4ccc(C)c([N+](=O)[O-])c4)cs3)cn2)n1. The number of aromatic nitrogens is 4. The molecule has 4 rings (SSSR count). The van der Waals surface area contributed by atoms with Gasteiger partial charge in [-0.3, -0.25) is 20.2 Å². The molecule has 9 nitrogen and oxygen atoms in total. The van der Waals surface area contributed by atoms with Crippen LogP contribution in [0.3, 0.4) is 0 Å². The number of amides is 1. The van der Waals surface area contributed by atoms with Crippen LogP contribution in [0.15, 0.2) is 48.0 Å². The third kappa shape index (κ3) is 4.19. The van der Waals surface area contributed by atoms with E-state index < -0.39 is 4.92 Å². The summed E-state index contributed by atoms with van der Waals surface area (Å²) in [5.74, 6) is 0.280. The molecule has 31 heavy (non-hydrogen) atoms. The molecule has 4 aromatic rings. The summed E-state index contributed by atoms with van der Waals surface area (Å²) in [7, 11) is 0. The molecule has 156 valence electrons. The van der Waals surface area contributed by atoms with Crippen molar-refractivity contribution in [1.82, 2.24) is 19.7 Å². The molecule has 0 fully saturated rings. The first-order chi connectivity index (χ1) is 14.8. The molecule has 3 heterocycles. The van der Waals surface area contributed by atoms with Crippen LogP contribution in [-0.2, 0) is 0 Å². The Bertz CT molecular complexity index is 1290. The third-order valence-corrected chi connectivity index (χ3v) is 5.42. The van der Waals surface area contributed by atoms with Gasteiger partial charge < -0.3 is 0 Å². The van der Waals surface area contributed by atoms with Gasteiger partial charge in [0.1, 0.15) is 0 Å². The first-order valence-corrected chi connectivity index (χ1v) is 10.2. The van der Waals surface area contributed by atoms with Crippen molar-refractivity contribution in [3.05, 3.63) is 80.6 Å². The van der Waals surface area contributed by atoms with Gasteiger partial charge in [0.15, 0.2) is 10.9 Å². The number of nitrogens with one attached hydrogen (secondary N) is 1. The van der Waals surface area contributed by atoms with Crippen molar-refractivity contribution in [3.63, 3.8) is 0 Å². The Hall–Kier alpha value is -3.92. The maximum absolute atomic E-state index is 12.6. The van der Waals surface area contributed by atoms with Crippen LogP contribution < -0.4 is 5.32 Å². The Kier molecular flexibility index (Phi) is 5.30. The normalized spacial score (nSPS) is 10.8. The van der Waals surface area contributed by atoms with Crippen LogP contribution in [0.2, 0.25) is 0 Å². The minimum atomic E-state index is -0.420. The Morgan fingerprint density at radius 1 is 1.16 bits per heavy atom. The summed E-state index contributed by atoms with van der Waals surface area (Å²) in [5, 5.41) is 20.4. The molecule has 0 atom stereocenters. The lowest BCUT2D eigenvalue weighted by Gasteiger charge is -2.05. The van der Waals surface area contributed by atoms with Crippen LogP contribution in [0.1, 0.15) is 27.3 Å². The maximum Gasteiger partial charge on any atom is 0.272 e. The lowest BCUT2D eigenvalue weighted by molar-refractivity contribution is -0.385. The topological polar surface area (TPSA) is 116 Å². The van der Waals surface area contributed by atoms with E-state index in [4.69, 9.17) is 0 Å². The number of rotatable bonds is 5. The van der Waals surface area contributed by atoms with Crippen LogP contribution in [-0.4, -0.2) is 30.6 Å². The molecular formula is C21H18N6O3S. The predicted molar refractivity (Wildman–Crippen MR) is 118 cm³/mol. The van der Waals surface area contributed by atoms with Gasteiger partial charge in [0.25, 0.3) is 11.6 Å². The van der Waals surface area contributed by atoms with Crippen molar-refractivity contribution in [1.29, 1.82) is 0 Å². The number of anilines is 1. The average Bonchev–Trinajstić information content (AvgIpc) is 3.34. The van der Waals surface area contributed by atoms with E-state index in [2.05, 4.69) is 20.4 Å². The average molecular weight is 434 g/mol. The molecule has 0 saturated heterocycles. The molecule has 10 heteroatoms. The monoisotopic (exact) mass is 434 g/mol. The van der Waals surface area contributed by atoms with Gasteiger partial charge in [-0.15, -0.1) is 11.3 Å². The van der Waals surface area contributed by atoms with Crippen molar-refractivity contribution in [2.75, 3.05) is 5.32 Å². The number of pyridine rings is 1. The predicted octanol–water partition coefficient (Wildman–Crippen LogP) is 4.48. The maximum atomic E-state index is 12.6. The fourth-order valence-corrected chi connectivity index (χ4v) is 3.82. The van der Waals surface area contributed by atoms with Gasteiger partial charge >= 0.3 is 0 Å². The number of hydrogen-bond donors (Lipinski definition) is 1. The van der Waals surface area contributed by atoms with E-state index in [1.807, 2.05) is 19.9 Å². The summed E-state index contributed by atoms with van der Waals surface area (Å²) in [5.41, 5.74) is 4.01. The molecule has 0 spiro atoms. The lowest BCUT2D eigenvalue weighted by Crippen LogP contribution is -2.12. The van der Waals surface area contributed by atoms with Crippen LogP contribution in [0, 0.1) is 30.9 Å². The first kappa shape index (κ1) is 20.4. The molecule has 1 aromatic carbocycles. The number of benzene rings is 1. The highest BCUT2D eigenvalue weighted by molar-refractivity contribution is 7.14. The van der Waals surface area contributed by atoms with Crippen LogP contribution in [0.4, 0.5) is 10.8 Å². The van der Waals surface area contributed by atoms with E-state index in [1.165, 1.54) is 23.6 Å². The van der Waals surface area contributed by atoms with Gasteiger partial charge in [-0.05, 0) is 39.0 Å². The van der Waals surface area contributed by atoms with Crippen LogP contribution in [0.5, 0.6) is 0 Å². The molecule has 0 aliphatic rings. The fraction of sp³-hybridized carbons (Fsp3) is 0.143. The molecule has 1 amide bonds. The third-order valence-electron chi connectivity index (χ3n) is 4.66. The van der Waals surface area contributed by atoms with Crippen molar-refractivity contribution < 1.29 is 9.72 Å². The second-order valence-corrected chi connectivity index (χ2v) is 7.85. The summed E-state index contributed by atoms with van der Waals surface area (Å²) >= 11 is 1.24. The summed E-state index contributed by atoms with van der Waals surface area (Å²) < 4.78 is 1.71. The number of aryl methyl sites for hydroxylation is 3. The molecule has 0 aliphatic heterocycles. The Balaban J connectivity index is 1.50. The summed E-state index contributed by atoms with van der Waals surface area (Å²) in [6.07, 6.45) is 1.49. The zero-order valence-corrected chi connectivity index (χ0v) is 17.8. The quantitative estimate of drug-likeness (QED) is 0.366. The number of thiazole rings is 1. The molecule has 3 aromatic heterocycles. The number of nitro benzene ring substituents is 1. The molecule has 0 aliphatic carbocycles. The molecule has 0 bridgehead atoms. The Labute approximate surface area is 181 Å². The number of hydrogen-bond acceptors (Lipinski definition) is 7. The highest BCUT2D eigenvalue weighted by Crippen LogP contribution is 2.29. The van der Waals surface area contributed by atoms with Gasteiger partial charge in [0.05, 0.1) is 21.9 Å². The fourth-order valence-electron chi connectivity index (χ4n) is 3.10. The first-order valence-electron chi connectivity index (χ1n) is 9.34. The van der Waals surface area contributed by atoms with E-state index in [1.54, 1.807) is 41.3 Å². The number of nitrogens with zero attached hydrogens (tertiary/aromatic N) is 5. The number of nitro groups is 1. The highest BCUT2D eigenvalue weighted by atomic mass is 32.1. The van der Waals surface area contributed by atoms with Gasteiger partial charge in [0, 0.05) is 34.5 Å². The second-order valence-electron chi connectivity index (χ2n) is 6.99. The highest BCUT2D eigenvalue weighted by Gasteiger charge is 2.15. The number of carbonyl (C=O) groups is 1. The van der Waals surface area contributed by atoms with Gasteiger partial charge in [-0.2, -0.15) is 5.10 Å². The van der Waals surface area contributed by atoms with Crippen molar-refractivity contribution in [2.45, 2.75) is 20.8 Å².